The Morgan fingerprint density at radius 2 is 1.88 bits per heavy atom. The highest BCUT2D eigenvalue weighted by atomic mass is 35.5. The third kappa shape index (κ3) is 7.64. The second-order valence-corrected chi connectivity index (χ2v) is 11.0. The first-order valence-corrected chi connectivity index (χ1v) is 14.0. The fourth-order valence-electron chi connectivity index (χ4n) is 4.12. The topological polar surface area (TPSA) is 123 Å². The van der Waals surface area contributed by atoms with Gasteiger partial charge in [-0.2, -0.15) is 13.9 Å². The lowest BCUT2D eigenvalue weighted by Gasteiger charge is -2.20. The van der Waals surface area contributed by atoms with Gasteiger partial charge in [-0.15, -0.1) is 0 Å². The number of nitrogens with zero attached hydrogens (tertiary/aromatic N) is 5. The van der Waals surface area contributed by atoms with Crippen LogP contribution in [0.25, 0.3) is 34.0 Å². The number of benzene rings is 1. The standard InChI is InChI=1S/C27H33ClF2N7O3P/c1-26(2,38)8-14-37-24(27(29,30)41)18(16-35-37)23-20(25-33-9-5-10-34-25)22(36-40-23)17-6-4-7-19(21(17)28)39-15-13-32-12-11-31-3/h4-7,9-10,16,31-32,38H,8,11-15,41H2,1-3H3. The third-order valence-electron chi connectivity index (χ3n) is 6.12. The van der Waals surface area contributed by atoms with Crippen LogP contribution in [0.1, 0.15) is 26.0 Å². The maximum atomic E-state index is 15.0. The van der Waals surface area contributed by atoms with Gasteiger partial charge < -0.3 is 25.0 Å². The molecule has 14 heteroatoms. The minimum absolute atomic E-state index is 0.00829. The van der Waals surface area contributed by atoms with Crippen LogP contribution in [0.4, 0.5) is 8.78 Å². The summed E-state index contributed by atoms with van der Waals surface area (Å²) in [6.45, 7) is 5.87. The summed E-state index contributed by atoms with van der Waals surface area (Å²) in [5, 5.41) is 25.2. The molecule has 0 saturated carbocycles. The number of aryl methyl sites for hydroxylation is 1. The highest BCUT2D eigenvalue weighted by molar-refractivity contribution is 7.17. The molecule has 10 nitrogen and oxygen atoms in total. The van der Waals surface area contributed by atoms with Crippen LogP contribution in [-0.4, -0.2) is 68.9 Å². The highest BCUT2D eigenvalue weighted by Crippen LogP contribution is 2.47. The van der Waals surface area contributed by atoms with E-state index < -0.39 is 17.0 Å². The van der Waals surface area contributed by atoms with Crippen LogP contribution in [0.15, 0.2) is 47.4 Å². The van der Waals surface area contributed by atoms with Gasteiger partial charge in [0.25, 0.3) is 0 Å². The van der Waals surface area contributed by atoms with Crippen LogP contribution in [-0.2, 0) is 12.2 Å². The van der Waals surface area contributed by atoms with E-state index in [0.717, 1.165) is 17.8 Å². The number of aliphatic hydroxyl groups is 1. The molecule has 0 spiro atoms. The molecular weight excluding hydrogens is 575 g/mol. The zero-order valence-electron chi connectivity index (χ0n) is 23.0. The van der Waals surface area contributed by atoms with Crippen LogP contribution >= 0.6 is 20.8 Å². The van der Waals surface area contributed by atoms with Gasteiger partial charge in [0.05, 0.1) is 27.9 Å². The summed E-state index contributed by atoms with van der Waals surface area (Å²) in [6.07, 6.45) is 4.55. The molecule has 0 aliphatic carbocycles. The molecule has 0 aliphatic heterocycles. The fraction of sp³-hybridized carbons (Fsp3) is 0.407. The average molecular weight is 608 g/mol. The lowest BCUT2D eigenvalue weighted by molar-refractivity contribution is 0.0593. The molecule has 220 valence electrons. The largest absolute Gasteiger partial charge is 0.491 e. The molecule has 0 aliphatic rings. The van der Waals surface area contributed by atoms with E-state index in [1.165, 1.54) is 18.6 Å². The van der Waals surface area contributed by atoms with Gasteiger partial charge in [0.15, 0.2) is 11.6 Å². The van der Waals surface area contributed by atoms with Crippen LogP contribution < -0.4 is 15.4 Å². The van der Waals surface area contributed by atoms with Gasteiger partial charge in [-0.25, -0.2) is 9.97 Å². The number of ether oxygens (including phenoxy) is 1. The van der Waals surface area contributed by atoms with Crippen LogP contribution in [0.3, 0.4) is 0 Å². The molecule has 3 N–H and O–H groups in total. The van der Waals surface area contributed by atoms with E-state index in [2.05, 4.69) is 30.9 Å². The third-order valence-corrected chi connectivity index (χ3v) is 6.79. The maximum Gasteiger partial charge on any atom is 0.300 e. The van der Waals surface area contributed by atoms with E-state index in [9.17, 15) is 5.11 Å². The van der Waals surface area contributed by atoms with Crippen molar-refractivity contribution in [1.82, 2.24) is 35.5 Å². The molecule has 3 aromatic heterocycles. The van der Waals surface area contributed by atoms with Gasteiger partial charge >= 0.3 is 5.66 Å². The Bertz CT molecular complexity index is 1440. The van der Waals surface area contributed by atoms with Gasteiger partial charge in [-0.05, 0) is 39.4 Å². The van der Waals surface area contributed by atoms with Crippen molar-refractivity contribution in [2.45, 2.75) is 38.1 Å². The van der Waals surface area contributed by atoms with Crippen LogP contribution in [0.5, 0.6) is 5.75 Å². The number of halogens is 3. The first kappa shape index (κ1) is 30.9. The molecule has 0 bridgehead atoms. The van der Waals surface area contributed by atoms with Crippen molar-refractivity contribution in [3.05, 3.63) is 53.6 Å². The molecule has 0 radical (unpaired) electrons. The Morgan fingerprint density at radius 3 is 2.56 bits per heavy atom. The van der Waals surface area contributed by atoms with Crippen molar-refractivity contribution in [3.8, 4) is 39.7 Å². The van der Waals surface area contributed by atoms with E-state index in [0.29, 0.717) is 24.5 Å². The summed E-state index contributed by atoms with van der Waals surface area (Å²) in [6, 6.07) is 6.86. The minimum Gasteiger partial charge on any atom is -0.491 e. The van der Waals surface area contributed by atoms with Gasteiger partial charge in [-0.1, -0.05) is 38.1 Å². The van der Waals surface area contributed by atoms with E-state index >= 15 is 8.78 Å². The summed E-state index contributed by atoms with van der Waals surface area (Å²) < 4.78 is 42.8. The van der Waals surface area contributed by atoms with E-state index in [-0.39, 0.29) is 46.4 Å². The zero-order valence-corrected chi connectivity index (χ0v) is 24.9. The lowest BCUT2D eigenvalue weighted by atomic mass is 10.0. The summed E-state index contributed by atoms with van der Waals surface area (Å²) in [4.78, 5) is 8.69. The highest BCUT2D eigenvalue weighted by Gasteiger charge is 2.37. The van der Waals surface area contributed by atoms with Crippen LogP contribution in [0.2, 0.25) is 5.02 Å². The predicted molar refractivity (Wildman–Crippen MR) is 156 cm³/mol. The second-order valence-electron chi connectivity index (χ2n) is 9.94. The first-order chi connectivity index (χ1) is 19.5. The Labute approximate surface area is 244 Å². The number of hydrogen-bond donors (Lipinski definition) is 3. The Morgan fingerprint density at radius 1 is 1.12 bits per heavy atom. The minimum atomic E-state index is -3.38. The molecule has 0 fully saturated rings. The normalized spacial score (nSPS) is 12.2. The molecule has 4 aromatic rings. The molecule has 1 unspecified atom stereocenters. The van der Waals surface area contributed by atoms with Crippen molar-refractivity contribution in [3.63, 3.8) is 0 Å². The van der Waals surface area contributed by atoms with Gasteiger partial charge in [0.1, 0.15) is 23.7 Å². The molecule has 3 heterocycles. The Balaban J connectivity index is 1.77. The van der Waals surface area contributed by atoms with Crippen molar-refractivity contribution < 1.29 is 23.1 Å². The smallest absolute Gasteiger partial charge is 0.300 e. The molecule has 1 aromatic carbocycles. The van der Waals surface area contributed by atoms with Crippen molar-refractivity contribution in [1.29, 1.82) is 0 Å². The number of likely N-dealkylation sites (N-methyl/N-ethyl adjacent to an activating group) is 1. The van der Waals surface area contributed by atoms with E-state index in [4.69, 9.17) is 20.9 Å². The molecular formula is C27H33ClF2N7O3P. The SMILES string of the molecule is CNCCNCCOc1cccc(-c2noc(-c3cnn(CCC(C)(C)O)c3C(F)(F)P)c2-c2ncccn2)c1Cl. The predicted octanol–water partition coefficient (Wildman–Crippen LogP) is 4.59. The van der Waals surface area contributed by atoms with Crippen LogP contribution in [0, 0.1) is 0 Å². The fourth-order valence-corrected chi connectivity index (χ4v) is 4.70. The number of rotatable bonds is 14. The molecule has 0 saturated heterocycles. The molecule has 41 heavy (non-hydrogen) atoms. The molecule has 4 rings (SSSR count). The average Bonchev–Trinajstić information content (AvgIpc) is 3.55. The lowest BCUT2D eigenvalue weighted by Crippen LogP contribution is -2.28. The van der Waals surface area contributed by atoms with Crippen molar-refractivity contribution in [2.24, 2.45) is 0 Å². The number of alkyl halides is 2. The van der Waals surface area contributed by atoms with Gasteiger partial charge in [0.2, 0.25) is 0 Å². The molecule has 0 amide bonds. The van der Waals surface area contributed by atoms with Crippen molar-refractivity contribution >= 4 is 20.8 Å². The van der Waals surface area contributed by atoms with Gasteiger partial charge in [-0.3, -0.25) is 4.68 Å². The summed E-state index contributed by atoms with van der Waals surface area (Å²) in [5.41, 5.74) is -3.86. The zero-order chi connectivity index (χ0) is 29.6. The number of aromatic nitrogens is 5. The number of hydrogen-bond acceptors (Lipinski definition) is 9. The summed E-state index contributed by atoms with van der Waals surface area (Å²) in [5.74, 6) is 0.645. The number of nitrogens with one attached hydrogen (secondary N) is 2. The van der Waals surface area contributed by atoms with E-state index in [1.54, 1.807) is 47.4 Å². The van der Waals surface area contributed by atoms with E-state index in [1.807, 2.05) is 7.05 Å². The summed E-state index contributed by atoms with van der Waals surface area (Å²) in [7, 11) is 3.42. The quantitative estimate of drug-likeness (QED) is 0.139. The summed E-state index contributed by atoms with van der Waals surface area (Å²) >= 11 is 6.77. The maximum absolute atomic E-state index is 15.0. The monoisotopic (exact) mass is 607 g/mol. The van der Waals surface area contributed by atoms with Gasteiger partial charge in [0, 0.05) is 44.1 Å². The second kappa shape index (κ2) is 13.3. The van der Waals surface area contributed by atoms with Crippen molar-refractivity contribution in [2.75, 3.05) is 33.3 Å². The Hall–Kier alpha value is -3.02. The Kier molecular flexibility index (Phi) is 10.0. The molecule has 1 atom stereocenters. The first-order valence-electron chi connectivity index (χ1n) is 13.0.